The van der Waals surface area contributed by atoms with E-state index in [4.69, 9.17) is 4.74 Å². The summed E-state index contributed by atoms with van der Waals surface area (Å²) in [6, 6.07) is 13.7. The Hall–Kier alpha value is -2.34. The minimum atomic E-state index is -3.10. The van der Waals surface area contributed by atoms with E-state index in [0.717, 1.165) is 16.7 Å². The largest absolute Gasteiger partial charge is 0.484 e. The van der Waals surface area contributed by atoms with E-state index in [0.29, 0.717) is 24.6 Å². The third-order valence-corrected chi connectivity index (χ3v) is 7.28. The molecule has 0 radical (unpaired) electrons. The van der Waals surface area contributed by atoms with Gasteiger partial charge in [-0.05, 0) is 60.6 Å². The molecular formula is C24H31NO4S. The Morgan fingerprint density at radius 1 is 1.10 bits per heavy atom. The molecule has 30 heavy (non-hydrogen) atoms. The maximum atomic E-state index is 13.1. The van der Waals surface area contributed by atoms with Crippen molar-refractivity contribution in [3.63, 3.8) is 0 Å². The van der Waals surface area contributed by atoms with Gasteiger partial charge in [0.1, 0.15) is 5.75 Å². The number of aryl methyl sites for hydroxylation is 2. The first-order chi connectivity index (χ1) is 14.1. The zero-order valence-electron chi connectivity index (χ0n) is 18.2. The highest BCUT2D eigenvalue weighted by atomic mass is 32.2. The number of rotatable bonds is 7. The van der Waals surface area contributed by atoms with E-state index in [9.17, 15) is 13.2 Å². The third-order valence-electron chi connectivity index (χ3n) is 5.53. The van der Waals surface area contributed by atoms with Gasteiger partial charge in [-0.25, -0.2) is 8.42 Å². The maximum Gasteiger partial charge on any atom is 0.261 e. The van der Waals surface area contributed by atoms with Crippen molar-refractivity contribution >= 4 is 15.7 Å². The minimum absolute atomic E-state index is 0.0202. The van der Waals surface area contributed by atoms with Crippen LogP contribution in [0.4, 0.5) is 0 Å². The van der Waals surface area contributed by atoms with E-state index in [1.165, 1.54) is 5.56 Å². The fourth-order valence-corrected chi connectivity index (χ4v) is 5.62. The monoisotopic (exact) mass is 429 g/mol. The van der Waals surface area contributed by atoms with Crippen LogP contribution in [0.1, 0.15) is 48.4 Å². The number of amides is 1. The quantitative estimate of drug-likeness (QED) is 0.667. The lowest BCUT2D eigenvalue weighted by atomic mass is 10.0. The zero-order chi connectivity index (χ0) is 21.9. The number of carbonyl (C=O) groups excluding carboxylic acids is 1. The van der Waals surface area contributed by atoms with E-state index in [1.54, 1.807) is 4.90 Å². The second kappa shape index (κ2) is 9.21. The molecule has 0 aromatic heterocycles. The Morgan fingerprint density at radius 2 is 1.73 bits per heavy atom. The summed E-state index contributed by atoms with van der Waals surface area (Å²) >= 11 is 0. The number of ether oxygens (including phenoxy) is 1. The molecule has 1 fully saturated rings. The van der Waals surface area contributed by atoms with E-state index in [2.05, 4.69) is 26.0 Å². The summed E-state index contributed by atoms with van der Waals surface area (Å²) in [6.07, 6.45) is 0.474. The van der Waals surface area contributed by atoms with Crippen LogP contribution in [-0.2, 0) is 21.2 Å². The predicted octanol–water partition coefficient (Wildman–Crippen LogP) is 4.02. The summed E-state index contributed by atoms with van der Waals surface area (Å²) in [5.74, 6) is 1.05. The van der Waals surface area contributed by atoms with Crippen LogP contribution in [0.2, 0.25) is 0 Å². The molecule has 2 aromatic carbocycles. The van der Waals surface area contributed by atoms with Crippen molar-refractivity contribution in [1.82, 2.24) is 4.90 Å². The molecule has 2 aromatic rings. The van der Waals surface area contributed by atoms with Gasteiger partial charge in [0, 0.05) is 12.6 Å². The summed E-state index contributed by atoms with van der Waals surface area (Å²) in [6.45, 7) is 8.52. The summed E-state index contributed by atoms with van der Waals surface area (Å²) in [5.41, 5.74) is 4.37. The van der Waals surface area contributed by atoms with Crippen molar-refractivity contribution in [1.29, 1.82) is 0 Å². The molecule has 0 N–H and O–H groups in total. The lowest BCUT2D eigenvalue weighted by Crippen LogP contribution is -2.43. The topological polar surface area (TPSA) is 63.7 Å². The number of benzene rings is 2. The minimum Gasteiger partial charge on any atom is -0.484 e. The Labute approximate surface area is 180 Å². The number of carbonyl (C=O) groups is 1. The molecule has 1 saturated heterocycles. The molecule has 3 rings (SSSR count). The molecule has 5 nitrogen and oxygen atoms in total. The second-order valence-corrected chi connectivity index (χ2v) is 10.8. The zero-order valence-corrected chi connectivity index (χ0v) is 19.0. The lowest BCUT2D eigenvalue weighted by Gasteiger charge is -2.28. The number of hydrogen-bond donors (Lipinski definition) is 0. The standard InChI is InChI=1S/C24H31NO4S/c1-17(2)21-7-5-20(6-8-21)14-25(22-9-10-30(27,28)16-22)24(26)15-29-23-12-18(3)11-19(4)13-23/h5-8,11-13,17,22H,9-10,14-16H2,1-4H3/t22-/m0/s1. The Bertz CT molecular complexity index is 976. The summed E-state index contributed by atoms with van der Waals surface area (Å²) in [7, 11) is -3.10. The maximum absolute atomic E-state index is 13.1. The van der Waals surface area contributed by atoms with E-state index in [1.807, 2.05) is 44.2 Å². The molecule has 1 heterocycles. The van der Waals surface area contributed by atoms with Gasteiger partial charge in [-0.3, -0.25) is 4.79 Å². The number of nitrogens with zero attached hydrogens (tertiary/aromatic N) is 1. The molecule has 1 aliphatic heterocycles. The summed E-state index contributed by atoms with van der Waals surface area (Å²) in [4.78, 5) is 14.7. The molecule has 0 bridgehead atoms. The molecule has 0 aliphatic carbocycles. The van der Waals surface area contributed by atoms with Gasteiger partial charge >= 0.3 is 0 Å². The van der Waals surface area contributed by atoms with Crippen LogP contribution in [0.5, 0.6) is 5.75 Å². The van der Waals surface area contributed by atoms with Gasteiger partial charge in [-0.1, -0.05) is 44.2 Å². The van der Waals surface area contributed by atoms with Crippen LogP contribution in [0, 0.1) is 13.8 Å². The fraction of sp³-hybridized carbons (Fsp3) is 0.458. The van der Waals surface area contributed by atoms with Crippen LogP contribution >= 0.6 is 0 Å². The molecule has 1 amide bonds. The molecule has 0 spiro atoms. The second-order valence-electron chi connectivity index (χ2n) is 8.59. The number of sulfone groups is 1. The van der Waals surface area contributed by atoms with Crippen LogP contribution in [0.3, 0.4) is 0 Å². The van der Waals surface area contributed by atoms with Crippen LogP contribution in [0.15, 0.2) is 42.5 Å². The summed E-state index contributed by atoms with van der Waals surface area (Å²) in [5, 5.41) is 0. The van der Waals surface area contributed by atoms with Crippen molar-refractivity contribution in [3.05, 3.63) is 64.7 Å². The van der Waals surface area contributed by atoms with Gasteiger partial charge in [0.05, 0.1) is 11.5 Å². The molecule has 6 heteroatoms. The van der Waals surface area contributed by atoms with Gasteiger partial charge in [0.25, 0.3) is 5.91 Å². The molecular weight excluding hydrogens is 398 g/mol. The fourth-order valence-electron chi connectivity index (χ4n) is 3.89. The van der Waals surface area contributed by atoms with Crippen LogP contribution in [-0.4, -0.2) is 43.4 Å². The summed E-state index contributed by atoms with van der Waals surface area (Å²) < 4.78 is 29.8. The highest BCUT2D eigenvalue weighted by Crippen LogP contribution is 2.23. The van der Waals surface area contributed by atoms with Crippen LogP contribution < -0.4 is 4.74 Å². The first kappa shape index (κ1) is 22.3. The van der Waals surface area contributed by atoms with Crippen molar-refractivity contribution in [2.75, 3.05) is 18.1 Å². The van der Waals surface area contributed by atoms with Gasteiger partial charge in [-0.15, -0.1) is 0 Å². The molecule has 0 saturated carbocycles. The van der Waals surface area contributed by atoms with Gasteiger partial charge in [0.15, 0.2) is 16.4 Å². The van der Waals surface area contributed by atoms with E-state index in [-0.39, 0.29) is 30.1 Å². The highest BCUT2D eigenvalue weighted by Gasteiger charge is 2.34. The SMILES string of the molecule is Cc1cc(C)cc(OCC(=O)N(Cc2ccc(C(C)C)cc2)[C@H]2CCS(=O)(=O)C2)c1. The van der Waals surface area contributed by atoms with Crippen molar-refractivity contribution < 1.29 is 17.9 Å². The van der Waals surface area contributed by atoms with Gasteiger partial charge < -0.3 is 9.64 Å². The van der Waals surface area contributed by atoms with E-state index < -0.39 is 9.84 Å². The van der Waals surface area contributed by atoms with Crippen molar-refractivity contribution in [2.45, 2.75) is 52.6 Å². The first-order valence-corrected chi connectivity index (χ1v) is 12.2. The Kier molecular flexibility index (Phi) is 6.86. The Morgan fingerprint density at radius 3 is 2.27 bits per heavy atom. The lowest BCUT2D eigenvalue weighted by molar-refractivity contribution is -0.136. The van der Waals surface area contributed by atoms with Gasteiger partial charge in [-0.2, -0.15) is 0 Å². The normalized spacial score (nSPS) is 17.8. The van der Waals surface area contributed by atoms with Crippen LogP contribution in [0.25, 0.3) is 0 Å². The van der Waals surface area contributed by atoms with Crippen molar-refractivity contribution in [3.8, 4) is 5.75 Å². The van der Waals surface area contributed by atoms with E-state index >= 15 is 0 Å². The molecule has 1 atom stereocenters. The molecule has 162 valence electrons. The smallest absolute Gasteiger partial charge is 0.261 e. The highest BCUT2D eigenvalue weighted by molar-refractivity contribution is 7.91. The number of hydrogen-bond acceptors (Lipinski definition) is 4. The van der Waals surface area contributed by atoms with Gasteiger partial charge in [0.2, 0.25) is 0 Å². The molecule has 0 unspecified atom stereocenters. The predicted molar refractivity (Wildman–Crippen MR) is 120 cm³/mol. The van der Waals surface area contributed by atoms with Crippen molar-refractivity contribution in [2.24, 2.45) is 0 Å². The first-order valence-electron chi connectivity index (χ1n) is 10.4. The Balaban J connectivity index is 1.75. The molecule has 1 aliphatic rings. The average Bonchev–Trinajstić information content (AvgIpc) is 3.03. The third kappa shape index (κ3) is 5.85. The average molecular weight is 430 g/mol.